The van der Waals surface area contributed by atoms with E-state index in [1.807, 2.05) is 0 Å². The average molecular weight is 526 g/mol. The summed E-state index contributed by atoms with van der Waals surface area (Å²) in [6.45, 7) is 5.46. The lowest BCUT2D eigenvalue weighted by atomic mass is 9.94. The summed E-state index contributed by atoms with van der Waals surface area (Å²) >= 11 is 0. The number of nitrogens with one attached hydrogen (secondary N) is 2. The van der Waals surface area contributed by atoms with Crippen LogP contribution in [0.4, 0.5) is 13.6 Å². The minimum atomic E-state index is -0.722. The summed E-state index contributed by atoms with van der Waals surface area (Å²) in [5.74, 6) is -2.44. The highest BCUT2D eigenvalue weighted by Gasteiger charge is 2.49. The Morgan fingerprint density at radius 2 is 1.16 bits per heavy atom. The lowest BCUT2D eigenvalue weighted by Gasteiger charge is -2.24. The van der Waals surface area contributed by atoms with E-state index in [2.05, 4.69) is 10.6 Å². The minimum Gasteiger partial charge on any atom is -0.444 e. The molecule has 2 N–H and O–H groups in total. The predicted octanol–water partition coefficient (Wildman–Crippen LogP) is 4.09. The number of hydrogen-bond acceptors (Lipinski definition) is 4. The number of benzene rings is 2. The maximum Gasteiger partial charge on any atom is 0.410 e. The fourth-order valence-corrected chi connectivity index (χ4v) is 5.26. The van der Waals surface area contributed by atoms with E-state index in [0.717, 1.165) is 24.0 Å². The Morgan fingerprint density at radius 1 is 0.763 bits per heavy atom. The van der Waals surface area contributed by atoms with E-state index in [4.69, 9.17) is 4.74 Å². The third kappa shape index (κ3) is 5.97. The first-order chi connectivity index (χ1) is 18.0. The molecule has 0 unspecified atom stereocenters. The highest BCUT2D eigenvalue weighted by molar-refractivity contribution is 5.90. The standard InChI is InChI=1S/C29H33F2N3O4/c1-29(2,3)38-28(37)34-14-22(26(35)32-24-12-20(24)16-4-8-18(30)9-5-16)23(15-34)27(36)33-25-13-21(25)17-6-10-19(31)11-7-17/h4-11,20-25H,12-15H2,1-3H3,(H,32,35)(H,33,36)/t20-,21-,22-,23-,24+,25+/m1/s1. The molecule has 2 aliphatic carbocycles. The van der Waals surface area contributed by atoms with E-state index in [1.165, 1.54) is 29.2 Å². The van der Waals surface area contributed by atoms with E-state index in [1.54, 1.807) is 45.0 Å². The monoisotopic (exact) mass is 525 g/mol. The van der Waals surface area contributed by atoms with Crippen LogP contribution in [0.1, 0.15) is 56.6 Å². The summed E-state index contributed by atoms with van der Waals surface area (Å²) in [6, 6.07) is 12.3. The number of hydrogen-bond donors (Lipinski definition) is 2. The number of carbonyl (C=O) groups is 3. The van der Waals surface area contributed by atoms with Crippen molar-refractivity contribution < 1.29 is 27.9 Å². The molecule has 9 heteroatoms. The Hall–Kier alpha value is -3.49. The number of likely N-dealkylation sites (tertiary alicyclic amines) is 1. The first-order valence-electron chi connectivity index (χ1n) is 13.1. The molecule has 202 valence electrons. The highest BCUT2D eigenvalue weighted by Crippen LogP contribution is 2.42. The van der Waals surface area contributed by atoms with Gasteiger partial charge < -0.3 is 20.3 Å². The van der Waals surface area contributed by atoms with Gasteiger partial charge in [-0.05, 0) is 69.0 Å². The van der Waals surface area contributed by atoms with Gasteiger partial charge in [0.15, 0.2) is 0 Å². The maximum atomic E-state index is 13.3. The molecule has 0 spiro atoms. The number of nitrogens with zero attached hydrogens (tertiary/aromatic N) is 1. The zero-order valence-corrected chi connectivity index (χ0v) is 21.7. The van der Waals surface area contributed by atoms with Crippen LogP contribution in [0.3, 0.4) is 0 Å². The average Bonchev–Trinajstić information content (AvgIpc) is 3.74. The van der Waals surface area contributed by atoms with Gasteiger partial charge >= 0.3 is 6.09 Å². The molecule has 2 saturated carbocycles. The molecule has 2 aromatic carbocycles. The lowest BCUT2D eigenvalue weighted by molar-refractivity contribution is -0.133. The molecule has 2 aromatic rings. The van der Waals surface area contributed by atoms with Gasteiger partial charge in [0.1, 0.15) is 17.2 Å². The first-order valence-corrected chi connectivity index (χ1v) is 13.1. The smallest absolute Gasteiger partial charge is 0.410 e. The van der Waals surface area contributed by atoms with Crippen LogP contribution in [0.15, 0.2) is 48.5 Å². The van der Waals surface area contributed by atoms with E-state index in [0.29, 0.717) is 0 Å². The minimum absolute atomic E-state index is 0.0822. The lowest BCUT2D eigenvalue weighted by Crippen LogP contribution is -2.43. The van der Waals surface area contributed by atoms with Crippen molar-refractivity contribution in [3.8, 4) is 0 Å². The molecule has 1 aliphatic heterocycles. The quantitative estimate of drug-likeness (QED) is 0.595. The molecule has 3 fully saturated rings. The van der Waals surface area contributed by atoms with Gasteiger partial charge in [0.05, 0.1) is 11.8 Å². The molecule has 38 heavy (non-hydrogen) atoms. The summed E-state index contributed by atoms with van der Waals surface area (Å²) < 4.78 is 32.0. The molecule has 3 amide bonds. The van der Waals surface area contributed by atoms with Crippen LogP contribution >= 0.6 is 0 Å². The van der Waals surface area contributed by atoms with E-state index >= 15 is 0 Å². The number of rotatable bonds is 6. The third-order valence-corrected chi connectivity index (χ3v) is 7.48. The van der Waals surface area contributed by atoms with Crippen LogP contribution in [0, 0.1) is 23.5 Å². The van der Waals surface area contributed by atoms with Crippen LogP contribution in [0.5, 0.6) is 0 Å². The molecule has 1 heterocycles. The topological polar surface area (TPSA) is 87.7 Å². The second-order valence-corrected chi connectivity index (χ2v) is 11.6. The van der Waals surface area contributed by atoms with E-state index in [9.17, 15) is 23.2 Å². The van der Waals surface area contributed by atoms with Crippen molar-refractivity contribution in [2.24, 2.45) is 11.8 Å². The van der Waals surface area contributed by atoms with Gasteiger partial charge in [0.25, 0.3) is 0 Å². The van der Waals surface area contributed by atoms with Crippen molar-refractivity contribution in [2.45, 2.75) is 63.1 Å². The van der Waals surface area contributed by atoms with Gasteiger partial charge in [0.2, 0.25) is 11.8 Å². The zero-order valence-electron chi connectivity index (χ0n) is 21.7. The van der Waals surface area contributed by atoms with E-state index < -0.39 is 23.5 Å². The third-order valence-electron chi connectivity index (χ3n) is 7.48. The summed E-state index contributed by atoms with van der Waals surface area (Å²) in [7, 11) is 0. The van der Waals surface area contributed by atoms with Crippen LogP contribution < -0.4 is 10.6 Å². The van der Waals surface area contributed by atoms with Crippen molar-refractivity contribution >= 4 is 17.9 Å². The first kappa shape index (κ1) is 26.1. The second-order valence-electron chi connectivity index (χ2n) is 11.6. The summed E-state index contributed by atoms with van der Waals surface area (Å²) in [5, 5.41) is 6.07. The Bertz CT molecular complexity index is 1130. The van der Waals surface area contributed by atoms with Crippen molar-refractivity contribution in [3.05, 3.63) is 71.3 Å². The molecule has 0 radical (unpaired) electrons. The zero-order chi connectivity index (χ0) is 27.2. The number of halogens is 2. The molecule has 3 aliphatic rings. The molecular formula is C29H33F2N3O4. The van der Waals surface area contributed by atoms with Gasteiger partial charge in [-0.1, -0.05) is 24.3 Å². The molecule has 5 rings (SSSR count). The SMILES string of the molecule is CC(C)(C)OC(=O)N1C[C@@H](C(=O)N[C@H]2C[C@@H]2c2ccc(F)cc2)[C@H](C(=O)N[C@H]2C[C@@H]2c2ccc(F)cc2)C1. The predicted molar refractivity (Wildman–Crippen MR) is 136 cm³/mol. The molecule has 7 nitrogen and oxygen atoms in total. The largest absolute Gasteiger partial charge is 0.444 e. The molecule has 0 aromatic heterocycles. The van der Waals surface area contributed by atoms with Crippen molar-refractivity contribution in [2.75, 3.05) is 13.1 Å². The highest BCUT2D eigenvalue weighted by atomic mass is 19.1. The van der Waals surface area contributed by atoms with Crippen LogP contribution in [-0.4, -0.2) is 53.6 Å². The van der Waals surface area contributed by atoms with Crippen LogP contribution in [-0.2, 0) is 14.3 Å². The summed E-state index contributed by atoms with van der Waals surface area (Å²) in [5.41, 5.74) is 1.20. The maximum absolute atomic E-state index is 13.3. The van der Waals surface area contributed by atoms with Gasteiger partial charge in [-0.25, -0.2) is 13.6 Å². The van der Waals surface area contributed by atoms with Gasteiger partial charge in [0, 0.05) is 37.0 Å². The molecule has 0 bridgehead atoms. The van der Waals surface area contributed by atoms with Crippen molar-refractivity contribution in [1.82, 2.24) is 15.5 Å². The van der Waals surface area contributed by atoms with Gasteiger partial charge in [-0.2, -0.15) is 0 Å². The Labute approximate surface area is 220 Å². The Kier molecular flexibility index (Phi) is 6.88. The number of carbonyl (C=O) groups excluding carboxylic acids is 3. The Balaban J connectivity index is 1.24. The molecular weight excluding hydrogens is 492 g/mol. The molecule has 1 saturated heterocycles. The summed E-state index contributed by atoms with van der Waals surface area (Å²) in [6.07, 6.45) is 0.910. The van der Waals surface area contributed by atoms with Crippen molar-refractivity contribution in [1.29, 1.82) is 0 Å². The molecule has 6 atom stereocenters. The van der Waals surface area contributed by atoms with E-state index in [-0.39, 0.29) is 60.5 Å². The van der Waals surface area contributed by atoms with Crippen molar-refractivity contribution in [3.63, 3.8) is 0 Å². The second kappa shape index (κ2) is 10.0. The number of amides is 3. The number of ether oxygens (including phenoxy) is 1. The fourth-order valence-electron chi connectivity index (χ4n) is 5.26. The van der Waals surface area contributed by atoms with Gasteiger partial charge in [-0.15, -0.1) is 0 Å². The van der Waals surface area contributed by atoms with Crippen LogP contribution in [0.2, 0.25) is 0 Å². The normalized spacial score (nSPS) is 28.0. The van der Waals surface area contributed by atoms with Crippen LogP contribution in [0.25, 0.3) is 0 Å². The van der Waals surface area contributed by atoms with Gasteiger partial charge in [-0.3, -0.25) is 9.59 Å². The summed E-state index contributed by atoms with van der Waals surface area (Å²) in [4.78, 5) is 40.9. The Morgan fingerprint density at radius 3 is 1.53 bits per heavy atom. The fraction of sp³-hybridized carbons (Fsp3) is 0.483.